The molecule has 0 aliphatic rings. The minimum Gasteiger partial charge on any atom is -0.488 e. The summed E-state index contributed by atoms with van der Waals surface area (Å²) in [7, 11) is -3.31. The summed E-state index contributed by atoms with van der Waals surface area (Å²) in [4.78, 5) is 19.1. The van der Waals surface area contributed by atoms with Crippen LogP contribution in [-0.2, 0) is 9.84 Å². The second-order valence-electron chi connectivity index (χ2n) is 6.89. The standard InChI is InChI=1S/C21H22N2O6S/c1-13-11-22-20(23-21(13)25)15-8-17(28-14(2)12-24)10-18(9-15)29-16-4-6-19(7-5-16)30(3,26)27/h4-11,14,24H,12H2,1-3H3,(H,22,23,25). The first-order valence-corrected chi connectivity index (χ1v) is 11.0. The maximum atomic E-state index is 12.0. The van der Waals surface area contributed by atoms with Crippen LogP contribution in [0.25, 0.3) is 11.4 Å². The highest BCUT2D eigenvalue weighted by atomic mass is 32.2. The minimum absolute atomic E-state index is 0.174. The van der Waals surface area contributed by atoms with Crippen LogP contribution < -0.4 is 15.0 Å². The van der Waals surface area contributed by atoms with Crippen molar-refractivity contribution in [3.63, 3.8) is 0 Å². The molecule has 1 aromatic heterocycles. The van der Waals surface area contributed by atoms with E-state index >= 15 is 0 Å². The van der Waals surface area contributed by atoms with Gasteiger partial charge in [0.2, 0.25) is 0 Å². The topological polar surface area (TPSA) is 119 Å². The van der Waals surface area contributed by atoms with E-state index in [2.05, 4.69) is 9.97 Å². The SMILES string of the molecule is Cc1cnc(-c2cc(Oc3ccc(S(C)(=O)=O)cc3)cc(OC(C)CO)c2)[nH]c1=O. The number of aliphatic hydroxyl groups is 1. The summed E-state index contributed by atoms with van der Waals surface area (Å²) in [5.74, 6) is 1.57. The Bertz CT molecular complexity index is 1200. The first-order valence-electron chi connectivity index (χ1n) is 9.12. The molecule has 0 radical (unpaired) electrons. The number of aryl methyl sites for hydroxylation is 1. The van der Waals surface area contributed by atoms with Gasteiger partial charge in [0.25, 0.3) is 5.56 Å². The molecule has 0 spiro atoms. The van der Waals surface area contributed by atoms with Crippen LogP contribution in [0.15, 0.2) is 58.4 Å². The summed E-state index contributed by atoms with van der Waals surface area (Å²) in [6, 6.07) is 11.0. The maximum Gasteiger partial charge on any atom is 0.254 e. The number of aliphatic hydroxyl groups excluding tert-OH is 1. The maximum absolute atomic E-state index is 12.0. The summed E-state index contributed by atoms with van der Waals surface area (Å²) in [6.45, 7) is 3.20. The van der Waals surface area contributed by atoms with Gasteiger partial charge in [-0.05, 0) is 50.2 Å². The van der Waals surface area contributed by atoms with Crippen molar-refractivity contribution in [2.24, 2.45) is 0 Å². The average molecular weight is 430 g/mol. The molecule has 3 rings (SSSR count). The molecule has 0 amide bonds. The normalized spacial score (nSPS) is 12.4. The fourth-order valence-electron chi connectivity index (χ4n) is 2.60. The fraction of sp³-hybridized carbons (Fsp3) is 0.238. The quantitative estimate of drug-likeness (QED) is 0.591. The van der Waals surface area contributed by atoms with Gasteiger partial charge >= 0.3 is 0 Å². The van der Waals surface area contributed by atoms with Crippen LogP contribution in [0.3, 0.4) is 0 Å². The van der Waals surface area contributed by atoms with Gasteiger partial charge in [-0.3, -0.25) is 4.79 Å². The molecule has 0 fully saturated rings. The van der Waals surface area contributed by atoms with E-state index in [1.165, 1.54) is 18.3 Å². The van der Waals surface area contributed by atoms with Gasteiger partial charge in [0.1, 0.15) is 29.2 Å². The van der Waals surface area contributed by atoms with E-state index in [0.29, 0.717) is 34.2 Å². The zero-order valence-electron chi connectivity index (χ0n) is 16.7. The van der Waals surface area contributed by atoms with Crippen LogP contribution in [0.2, 0.25) is 0 Å². The van der Waals surface area contributed by atoms with E-state index in [1.54, 1.807) is 44.2 Å². The number of H-pyrrole nitrogens is 1. The van der Waals surface area contributed by atoms with Crippen LogP contribution in [0.5, 0.6) is 17.2 Å². The number of nitrogens with one attached hydrogen (secondary N) is 1. The minimum atomic E-state index is -3.31. The zero-order valence-corrected chi connectivity index (χ0v) is 17.6. The predicted octanol–water partition coefficient (Wildman–Crippen LogP) is 2.70. The summed E-state index contributed by atoms with van der Waals surface area (Å²) >= 11 is 0. The third-order valence-electron chi connectivity index (χ3n) is 4.21. The smallest absolute Gasteiger partial charge is 0.254 e. The molecular formula is C21H22N2O6S. The molecule has 1 unspecified atom stereocenters. The Hall–Kier alpha value is -3.17. The number of sulfone groups is 1. The molecule has 2 N–H and O–H groups in total. The van der Waals surface area contributed by atoms with E-state index in [1.807, 2.05) is 0 Å². The number of nitrogens with zero attached hydrogens (tertiary/aromatic N) is 1. The molecule has 3 aromatic rings. The summed E-state index contributed by atoms with van der Waals surface area (Å²) in [5, 5.41) is 9.28. The predicted molar refractivity (Wildman–Crippen MR) is 112 cm³/mol. The van der Waals surface area contributed by atoms with Crippen molar-refractivity contribution in [1.82, 2.24) is 9.97 Å². The molecule has 0 aliphatic heterocycles. The molecule has 0 bridgehead atoms. The number of rotatable bonds is 7. The molecule has 1 heterocycles. The highest BCUT2D eigenvalue weighted by molar-refractivity contribution is 7.90. The van der Waals surface area contributed by atoms with E-state index in [9.17, 15) is 18.3 Å². The summed E-state index contributed by atoms with van der Waals surface area (Å²) < 4.78 is 34.8. The van der Waals surface area contributed by atoms with Gasteiger partial charge in [-0.1, -0.05) is 0 Å². The van der Waals surface area contributed by atoms with E-state index < -0.39 is 15.9 Å². The third-order valence-corrected chi connectivity index (χ3v) is 5.34. The van der Waals surface area contributed by atoms with Gasteiger partial charge in [-0.2, -0.15) is 0 Å². The third kappa shape index (κ3) is 5.25. The summed E-state index contributed by atoms with van der Waals surface area (Å²) in [6.07, 6.45) is 2.16. The Morgan fingerprint density at radius 3 is 2.37 bits per heavy atom. The lowest BCUT2D eigenvalue weighted by atomic mass is 10.1. The van der Waals surface area contributed by atoms with Crippen LogP contribution in [0.1, 0.15) is 12.5 Å². The number of hydrogen-bond acceptors (Lipinski definition) is 7. The Morgan fingerprint density at radius 1 is 1.10 bits per heavy atom. The number of aromatic nitrogens is 2. The Morgan fingerprint density at radius 2 is 1.77 bits per heavy atom. The van der Waals surface area contributed by atoms with Crippen molar-refractivity contribution < 1.29 is 23.0 Å². The first-order chi connectivity index (χ1) is 14.2. The van der Waals surface area contributed by atoms with Gasteiger partial charge in [-0.25, -0.2) is 13.4 Å². The molecular weight excluding hydrogens is 408 g/mol. The molecule has 9 heteroatoms. The lowest BCUT2D eigenvalue weighted by Crippen LogP contribution is -2.16. The highest BCUT2D eigenvalue weighted by Gasteiger charge is 2.12. The van der Waals surface area contributed by atoms with E-state index in [4.69, 9.17) is 9.47 Å². The number of aromatic amines is 1. The van der Waals surface area contributed by atoms with Crippen molar-refractivity contribution in [2.75, 3.05) is 12.9 Å². The fourth-order valence-corrected chi connectivity index (χ4v) is 3.23. The average Bonchev–Trinajstić information content (AvgIpc) is 2.69. The zero-order chi connectivity index (χ0) is 21.9. The van der Waals surface area contributed by atoms with E-state index in [0.717, 1.165) is 6.26 Å². The molecule has 0 aliphatic carbocycles. The van der Waals surface area contributed by atoms with Crippen molar-refractivity contribution in [3.8, 4) is 28.6 Å². The van der Waals surface area contributed by atoms with Gasteiger partial charge in [0.05, 0.1) is 11.5 Å². The Kier molecular flexibility index (Phi) is 6.23. The van der Waals surface area contributed by atoms with Crippen LogP contribution >= 0.6 is 0 Å². The molecule has 0 saturated heterocycles. The molecule has 2 aromatic carbocycles. The largest absolute Gasteiger partial charge is 0.488 e. The van der Waals surface area contributed by atoms with E-state index in [-0.39, 0.29) is 17.1 Å². The second kappa shape index (κ2) is 8.68. The molecule has 0 saturated carbocycles. The van der Waals surface area contributed by atoms with Crippen molar-refractivity contribution in [2.45, 2.75) is 24.8 Å². The van der Waals surface area contributed by atoms with Gasteiger partial charge in [0.15, 0.2) is 9.84 Å². The molecule has 158 valence electrons. The number of benzene rings is 2. The first kappa shape index (κ1) is 21.5. The van der Waals surface area contributed by atoms with Gasteiger partial charge < -0.3 is 19.6 Å². The van der Waals surface area contributed by atoms with Crippen molar-refractivity contribution >= 4 is 9.84 Å². The number of hydrogen-bond donors (Lipinski definition) is 2. The second-order valence-corrected chi connectivity index (χ2v) is 8.91. The van der Waals surface area contributed by atoms with Crippen LogP contribution in [0, 0.1) is 6.92 Å². The van der Waals surface area contributed by atoms with Crippen molar-refractivity contribution in [1.29, 1.82) is 0 Å². The van der Waals surface area contributed by atoms with Crippen LogP contribution in [0.4, 0.5) is 0 Å². The molecule has 1 atom stereocenters. The van der Waals surface area contributed by atoms with Gasteiger partial charge in [-0.15, -0.1) is 0 Å². The Balaban J connectivity index is 1.99. The van der Waals surface area contributed by atoms with Crippen LogP contribution in [-0.4, -0.2) is 42.5 Å². The molecule has 30 heavy (non-hydrogen) atoms. The monoisotopic (exact) mass is 430 g/mol. The lowest BCUT2D eigenvalue weighted by molar-refractivity contribution is 0.129. The highest BCUT2D eigenvalue weighted by Crippen LogP contribution is 2.32. The lowest BCUT2D eigenvalue weighted by Gasteiger charge is -2.15. The Labute approximate surface area is 174 Å². The summed E-state index contributed by atoms with van der Waals surface area (Å²) in [5.41, 5.74) is 0.786. The van der Waals surface area contributed by atoms with Crippen molar-refractivity contribution in [3.05, 3.63) is 64.6 Å². The number of ether oxygens (including phenoxy) is 2. The van der Waals surface area contributed by atoms with Gasteiger partial charge in [0, 0.05) is 29.6 Å². The molecule has 8 nitrogen and oxygen atoms in total.